The molecule has 0 unspecified atom stereocenters. The van der Waals surface area contributed by atoms with Crippen molar-refractivity contribution in [3.8, 4) is 28.3 Å². The van der Waals surface area contributed by atoms with Crippen LogP contribution in [0.3, 0.4) is 0 Å². The van der Waals surface area contributed by atoms with Crippen LogP contribution < -0.4 is 26.6 Å². The molecule has 3 aromatic heterocycles. The Hall–Kier alpha value is -4.54. The molecule has 50 heavy (non-hydrogen) atoms. The molecule has 0 radical (unpaired) electrons. The number of rotatable bonds is 8. The highest BCUT2D eigenvalue weighted by molar-refractivity contribution is 6.39. The third kappa shape index (κ3) is 6.66. The van der Waals surface area contributed by atoms with Gasteiger partial charge in [-0.05, 0) is 18.6 Å². The minimum Gasteiger partial charge on any atom is -0.481 e. The first kappa shape index (κ1) is 35.3. The zero-order valence-corrected chi connectivity index (χ0v) is 28.3. The Morgan fingerprint density at radius 3 is 2.38 bits per heavy atom. The number of fused-ring (bicyclic) bond motifs is 1. The van der Waals surface area contributed by atoms with Crippen LogP contribution in [0.15, 0.2) is 58.1 Å². The Kier molecular flexibility index (Phi) is 9.88. The fraction of sp³-hybridized carbons (Fsp3) is 0.303. The Morgan fingerprint density at radius 1 is 0.980 bits per heavy atom. The molecule has 0 bridgehead atoms. The largest absolute Gasteiger partial charge is 0.481 e. The van der Waals surface area contributed by atoms with Crippen molar-refractivity contribution in [2.24, 2.45) is 14.1 Å². The molecule has 0 aliphatic carbocycles. The number of alkyl halides is 3. The van der Waals surface area contributed by atoms with Gasteiger partial charge in [-0.2, -0.15) is 13.2 Å². The minimum atomic E-state index is -4.99. The second-order valence-corrected chi connectivity index (χ2v) is 12.3. The first-order valence-corrected chi connectivity index (χ1v) is 16.0. The number of hydrogen-bond donors (Lipinski definition) is 3. The Labute approximate surface area is 292 Å². The van der Waals surface area contributed by atoms with Crippen LogP contribution in [0.2, 0.25) is 10.0 Å². The third-order valence-corrected chi connectivity index (χ3v) is 9.20. The Bertz CT molecular complexity index is 2230. The van der Waals surface area contributed by atoms with E-state index in [1.54, 1.807) is 36.4 Å². The molecule has 6 rings (SSSR count). The maximum absolute atomic E-state index is 13.8. The monoisotopic (exact) mass is 731 g/mol. The lowest BCUT2D eigenvalue weighted by Gasteiger charge is -2.28. The SMILES string of the molecule is COc1nc(-c2cccc(-c3cccc(Nc4nc(C(F)(F)F)nc5c4c(=O)n(C)c(=O)n5C)c3Cl)c2Cl)ccc1CN[C@@H]1CCOC[C@H]1O. The summed E-state index contributed by atoms with van der Waals surface area (Å²) in [5.74, 6) is -1.68. The van der Waals surface area contributed by atoms with E-state index >= 15 is 0 Å². The number of pyridine rings is 1. The molecule has 3 N–H and O–H groups in total. The number of anilines is 2. The van der Waals surface area contributed by atoms with Crippen LogP contribution >= 0.6 is 23.2 Å². The van der Waals surface area contributed by atoms with Crippen LogP contribution in [-0.4, -0.2) is 61.7 Å². The third-order valence-electron chi connectivity index (χ3n) is 8.38. The number of hydrogen-bond acceptors (Lipinski definition) is 10. The number of aryl methyl sites for hydroxylation is 1. The number of aliphatic hydroxyl groups is 1. The summed E-state index contributed by atoms with van der Waals surface area (Å²) in [6.45, 7) is 1.22. The van der Waals surface area contributed by atoms with Gasteiger partial charge in [-0.1, -0.05) is 59.6 Å². The van der Waals surface area contributed by atoms with Crippen molar-refractivity contribution in [2.75, 3.05) is 25.6 Å². The lowest BCUT2D eigenvalue weighted by atomic mass is 10.00. The normalized spacial score (nSPS) is 16.5. The fourth-order valence-electron chi connectivity index (χ4n) is 5.71. The van der Waals surface area contributed by atoms with Crippen molar-refractivity contribution < 1.29 is 27.8 Å². The zero-order valence-electron chi connectivity index (χ0n) is 26.8. The zero-order chi connectivity index (χ0) is 35.9. The summed E-state index contributed by atoms with van der Waals surface area (Å²) in [6, 6.07) is 13.5. The van der Waals surface area contributed by atoms with E-state index in [1.807, 2.05) is 6.07 Å². The van der Waals surface area contributed by atoms with Gasteiger partial charge >= 0.3 is 11.9 Å². The standard InChI is InChI=1S/C33H30Cl2F3N7O5/c1-44-28-24(30(47)45(2)32(44)48)27(42-31(43-28)33(36,37)38)40-22-9-5-7-18(26(22)35)17-6-4-8-19(25(17)34)20-11-10-16(29(41-20)49-3)14-39-21-12-13-50-15-23(21)46/h4-11,21,23,39,46H,12-15H2,1-3H3,(H,40,42,43)/t21-,23-/m1/s1. The van der Waals surface area contributed by atoms with Crippen molar-refractivity contribution in [2.45, 2.75) is 31.3 Å². The van der Waals surface area contributed by atoms with Gasteiger partial charge in [0.05, 0.1) is 41.2 Å². The van der Waals surface area contributed by atoms with Crippen LogP contribution in [0, 0.1) is 0 Å². The molecule has 1 fully saturated rings. The van der Waals surface area contributed by atoms with Crippen molar-refractivity contribution in [1.29, 1.82) is 0 Å². The second kappa shape index (κ2) is 14.0. The van der Waals surface area contributed by atoms with E-state index in [4.69, 9.17) is 32.7 Å². The topological polar surface area (TPSA) is 145 Å². The van der Waals surface area contributed by atoms with Crippen molar-refractivity contribution in [1.82, 2.24) is 29.4 Å². The first-order valence-electron chi connectivity index (χ1n) is 15.2. The number of nitrogens with zero attached hydrogens (tertiary/aromatic N) is 5. The Balaban J connectivity index is 1.36. The molecular weight excluding hydrogens is 702 g/mol. The van der Waals surface area contributed by atoms with E-state index in [0.717, 1.165) is 14.7 Å². The van der Waals surface area contributed by atoms with E-state index in [0.29, 0.717) is 47.8 Å². The maximum atomic E-state index is 13.8. The van der Waals surface area contributed by atoms with Crippen molar-refractivity contribution >= 4 is 45.7 Å². The number of nitrogens with one attached hydrogen (secondary N) is 2. The summed E-state index contributed by atoms with van der Waals surface area (Å²) in [5.41, 5.74) is 0.583. The highest BCUT2D eigenvalue weighted by Crippen LogP contribution is 2.42. The van der Waals surface area contributed by atoms with E-state index in [2.05, 4.69) is 25.6 Å². The molecule has 4 heterocycles. The lowest BCUT2D eigenvalue weighted by Crippen LogP contribution is -2.46. The molecule has 2 aromatic carbocycles. The van der Waals surface area contributed by atoms with Crippen molar-refractivity contribution in [3.63, 3.8) is 0 Å². The fourth-order valence-corrected chi connectivity index (χ4v) is 6.31. The number of aromatic nitrogens is 5. The van der Waals surface area contributed by atoms with E-state index in [-0.39, 0.29) is 33.8 Å². The van der Waals surface area contributed by atoms with Crippen LogP contribution in [-0.2, 0) is 31.6 Å². The first-order chi connectivity index (χ1) is 23.8. The molecule has 0 amide bonds. The highest BCUT2D eigenvalue weighted by atomic mass is 35.5. The molecule has 0 spiro atoms. The van der Waals surface area contributed by atoms with Crippen LogP contribution in [0.5, 0.6) is 5.88 Å². The molecule has 1 aliphatic heterocycles. The van der Waals surface area contributed by atoms with Crippen LogP contribution in [0.25, 0.3) is 33.4 Å². The number of halogens is 5. The van der Waals surface area contributed by atoms with Gasteiger partial charge in [0, 0.05) is 55.5 Å². The van der Waals surface area contributed by atoms with E-state index in [1.165, 1.54) is 27.3 Å². The summed E-state index contributed by atoms with van der Waals surface area (Å²) in [5, 5.41) is 16.3. The van der Waals surface area contributed by atoms with Crippen molar-refractivity contribution in [3.05, 3.63) is 90.8 Å². The average Bonchev–Trinajstić information content (AvgIpc) is 3.10. The summed E-state index contributed by atoms with van der Waals surface area (Å²) in [6.07, 6.45) is -4.94. The number of ether oxygens (including phenoxy) is 2. The molecule has 1 saturated heterocycles. The molecule has 1 aliphatic rings. The molecule has 262 valence electrons. The van der Waals surface area contributed by atoms with Gasteiger partial charge in [-0.3, -0.25) is 13.9 Å². The summed E-state index contributed by atoms with van der Waals surface area (Å²) in [4.78, 5) is 37.4. The molecule has 17 heteroatoms. The Morgan fingerprint density at radius 2 is 1.68 bits per heavy atom. The molecule has 5 aromatic rings. The summed E-state index contributed by atoms with van der Waals surface area (Å²) < 4.78 is 54.0. The molecule has 2 atom stereocenters. The number of benzene rings is 2. The minimum absolute atomic E-state index is 0.0655. The smallest absolute Gasteiger partial charge is 0.451 e. The average molecular weight is 733 g/mol. The van der Waals surface area contributed by atoms with Gasteiger partial charge in [-0.25, -0.2) is 19.7 Å². The van der Waals surface area contributed by atoms with Crippen LogP contribution in [0.1, 0.15) is 17.8 Å². The van der Waals surface area contributed by atoms with Gasteiger partial charge in [0.15, 0.2) is 5.65 Å². The highest BCUT2D eigenvalue weighted by Gasteiger charge is 2.37. The van der Waals surface area contributed by atoms with E-state index < -0.39 is 40.8 Å². The maximum Gasteiger partial charge on any atom is 0.451 e. The predicted octanol–water partition coefficient (Wildman–Crippen LogP) is 5.07. The summed E-state index contributed by atoms with van der Waals surface area (Å²) in [7, 11) is 3.90. The second-order valence-electron chi connectivity index (χ2n) is 11.5. The van der Waals surface area contributed by atoms with Gasteiger partial charge in [-0.15, -0.1) is 0 Å². The number of methoxy groups -OCH3 is 1. The molecule has 0 saturated carbocycles. The van der Waals surface area contributed by atoms with Gasteiger partial charge < -0.3 is 25.2 Å². The number of aliphatic hydroxyl groups excluding tert-OH is 1. The van der Waals surface area contributed by atoms with Gasteiger partial charge in [0.25, 0.3) is 5.56 Å². The van der Waals surface area contributed by atoms with Crippen LogP contribution in [0.4, 0.5) is 24.7 Å². The van der Waals surface area contributed by atoms with Gasteiger partial charge in [0.2, 0.25) is 11.7 Å². The predicted molar refractivity (Wildman–Crippen MR) is 182 cm³/mol. The van der Waals surface area contributed by atoms with Gasteiger partial charge in [0.1, 0.15) is 11.2 Å². The lowest BCUT2D eigenvalue weighted by molar-refractivity contribution is -0.144. The molecular formula is C33H30Cl2F3N7O5. The quantitative estimate of drug-likeness (QED) is 0.198. The summed E-state index contributed by atoms with van der Waals surface area (Å²) >= 11 is 13.8. The molecule has 12 nitrogen and oxygen atoms in total. The van der Waals surface area contributed by atoms with E-state index in [9.17, 15) is 27.9 Å².